The lowest BCUT2D eigenvalue weighted by atomic mass is 9.96. The molecule has 0 saturated heterocycles. The lowest BCUT2D eigenvalue weighted by Crippen LogP contribution is -1.96. The second-order valence-electron chi connectivity index (χ2n) is 5.70. The molecule has 0 aliphatic rings. The largest absolute Gasteiger partial charge is 0.494 e. The van der Waals surface area contributed by atoms with E-state index in [-0.39, 0.29) is 6.61 Å². The Balaban J connectivity index is 2.33. The average Bonchev–Trinajstić information content (AvgIpc) is 2.48. The lowest BCUT2D eigenvalue weighted by Gasteiger charge is -2.12. The molecule has 0 radical (unpaired) electrons. The van der Waals surface area contributed by atoms with E-state index in [0.29, 0.717) is 12.5 Å². The molecule has 2 heteroatoms. The standard InChI is InChI=1S/C19H24O2/c1-4-21-18-10-9-17(13-20)19(12-18)16-7-5-15(6-8-16)11-14(2)3/h5-10,12,14,20H,4,11,13H2,1-3H3. The molecule has 2 nitrogen and oxygen atoms in total. The van der Waals surface area contributed by atoms with Gasteiger partial charge in [0.05, 0.1) is 13.2 Å². The molecule has 2 rings (SSSR count). The quantitative estimate of drug-likeness (QED) is 0.849. The van der Waals surface area contributed by atoms with Gasteiger partial charge < -0.3 is 9.84 Å². The number of rotatable bonds is 6. The maximum absolute atomic E-state index is 9.53. The van der Waals surface area contributed by atoms with Crippen molar-refractivity contribution in [1.29, 1.82) is 0 Å². The fraction of sp³-hybridized carbons (Fsp3) is 0.368. The molecule has 2 aromatic rings. The monoisotopic (exact) mass is 284 g/mol. The van der Waals surface area contributed by atoms with Crippen LogP contribution in [0.25, 0.3) is 11.1 Å². The van der Waals surface area contributed by atoms with Crippen LogP contribution in [-0.2, 0) is 13.0 Å². The normalized spacial score (nSPS) is 10.9. The van der Waals surface area contributed by atoms with Crippen molar-refractivity contribution in [3.63, 3.8) is 0 Å². The van der Waals surface area contributed by atoms with Gasteiger partial charge in [0.1, 0.15) is 5.75 Å². The summed E-state index contributed by atoms with van der Waals surface area (Å²) in [5, 5.41) is 9.53. The first-order valence-electron chi connectivity index (χ1n) is 7.60. The van der Waals surface area contributed by atoms with E-state index in [1.54, 1.807) is 0 Å². The number of aliphatic hydroxyl groups excluding tert-OH is 1. The predicted molar refractivity (Wildman–Crippen MR) is 87.5 cm³/mol. The van der Waals surface area contributed by atoms with Crippen LogP contribution in [0.5, 0.6) is 5.75 Å². The lowest BCUT2D eigenvalue weighted by molar-refractivity contribution is 0.282. The fourth-order valence-electron chi connectivity index (χ4n) is 2.51. The summed E-state index contributed by atoms with van der Waals surface area (Å²) >= 11 is 0. The zero-order valence-electron chi connectivity index (χ0n) is 13.1. The second kappa shape index (κ2) is 7.28. The Kier molecular flexibility index (Phi) is 5.40. The van der Waals surface area contributed by atoms with Crippen LogP contribution in [0.15, 0.2) is 42.5 Å². The average molecular weight is 284 g/mol. The van der Waals surface area contributed by atoms with Crippen molar-refractivity contribution in [1.82, 2.24) is 0 Å². The molecule has 0 unspecified atom stereocenters. The third kappa shape index (κ3) is 4.08. The van der Waals surface area contributed by atoms with E-state index in [9.17, 15) is 5.11 Å². The molecule has 0 saturated carbocycles. The van der Waals surface area contributed by atoms with E-state index in [2.05, 4.69) is 38.1 Å². The Morgan fingerprint density at radius 2 is 1.76 bits per heavy atom. The molecule has 0 amide bonds. The van der Waals surface area contributed by atoms with E-state index < -0.39 is 0 Å². The first-order chi connectivity index (χ1) is 10.1. The van der Waals surface area contributed by atoms with Crippen LogP contribution in [0.1, 0.15) is 31.9 Å². The maximum atomic E-state index is 9.53. The van der Waals surface area contributed by atoms with Gasteiger partial charge in [0.25, 0.3) is 0 Å². The van der Waals surface area contributed by atoms with Crippen LogP contribution in [0.4, 0.5) is 0 Å². The topological polar surface area (TPSA) is 29.5 Å². The Labute approximate surface area is 127 Å². The fourth-order valence-corrected chi connectivity index (χ4v) is 2.51. The molecule has 0 aromatic heterocycles. The van der Waals surface area contributed by atoms with Crippen molar-refractivity contribution >= 4 is 0 Å². The maximum Gasteiger partial charge on any atom is 0.119 e. The SMILES string of the molecule is CCOc1ccc(CO)c(-c2ccc(CC(C)C)cc2)c1. The Morgan fingerprint density at radius 1 is 1.05 bits per heavy atom. The van der Waals surface area contributed by atoms with Crippen molar-refractivity contribution in [2.24, 2.45) is 5.92 Å². The first kappa shape index (κ1) is 15.6. The molecule has 0 aliphatic heterocycles. The first-order valence-corrected chi connectivity index (χ1v) is 7.60. The van der Waals surface area contributed by atoms with Gasteiger partial charge in [0.2, 0.25) is 0 Å². The molecule has 0 aliphatic carbocycles. The summed E-state index contributed by atoms with van der Waals surface area (Å²) < 4.78 is 5.56. The van der Waals surface area contributed by atoms with Crippen LogP contribution in [0.3, 0.4) is 0 Å². The van der Waals surface area contributed by atoms with Gasteiger partial charge in [-0.2, -0.15) is 0 Å². The van der Waals surface area contributed by atoms with Crippen LogP contribution < -0.4 is 4.74 Å². The third-order valence-electron chi connectivity index (χ3n) is 3.47. The highest BCUT2D eigenvalue weighted by molar-refractivity contribution is 5.69. The van der Waals surface area contributed by atoms with Gasteiger partial charge in [0, 0.05) is 0 Å². The summed E-state index contributed by atoms with van der Waals surface area (Å²) in [7, 11) is 0. The number of hydrogen-bond donors (Lipinski definition) is 1. The molecular formula is C19H24O2. The van der Waals surface area contributed by atoms with Crippen LogP contribution in [0.2, 0.25) is 0 Å². The predicted octanol–water partition coefficient (Wildman–Crippen LogP) is 4.44. The molecule has 0 fully saturated rings. The molecule has 1 N–H and O–H groups in total. The zero-order chi connectivity index (χ0) is 15.2. The molecule has 0 heterocycles. The molecule has 0 bridgehead atoms. The van der Waals surface area contributed by atoms with E-state index in [0.717, 1.165) is 28.9 Å². The number of aliphatic hydroxyl groups is 1. The van der Waals surface area contributed by atoms with Gasteiger partial charge >= 0.3 is 0 Å². The van der Waals surface area contributed by atoms with Crippen LogP contribution in [-0.4, -0.2) is 11.7 Å². The molecule has 21 heavy (non-hydrogen) atoms. The summed E-state index contributed by atoms with van der Waals surface area (Å²) in [6.45, 7) is 7.10. The van der Waals surface area contributed by atoms with Crippen LogP contribution in [0, 0.1) is 5.92 Å². The van der Waals surface area contributed by atoms with Gasteiger partial charge in [-0.15, -0.1) is 0 Å². The van der Waals surface area contributed by atoms with Gasteiger partial charge in [0.15, 0.2) is 0 Å². The van der Waals surface area contributed by atoms with Gasteiger partial charge in [-0.1, -0.05) is 44.2 Å². The Hall–Kier alpha value is -1.80. The van der Waals surface area contributed by atoms with E-state index in [4.69, 9.17) is 4.74 Å². The van der Waals surface area contributed by atoms with E-state index in [1.165, 1.54) is 5.56 Å². The Bertz CT molecular complexity index is 571. The minimum absolute atomic E-state index is 0.0372. The molecule has 0 atom stereocenters. The summed E-state index contributed by atoms with van der Waals surface area (Å²) in [4.78, 5) is 0. The smallest absolute Gasteiger partial charge is 0.119 e. The summed E-state index contributed by atoms with van der Waals surface area (Å²) in [6, 6.07) is 14.4. The van der Waals surface area contributed by atoms with Crippen molar-refractivity contribution in [2.75, 3.05) is 6.61 Å². The van der Waals surface area contributed by atoms with Crippen molar-refractivity contribution in [3.05, 3.63) is 53.6 Å². The third-order valence-corrected chi connectivity index (χ3v) is 3.47. The highest BCUT2D eigenvalue weighted by Crippen LogP contribution is 2.29. The number of ether oxygens (including phenoxy) is 1. The zero-order valence-corrected chi connectivity index (χ0v) is 13.1. The van der Waals surface area contributed by atoms with E-state index >= 15 is 0 Å². The summed E-state index contributed by atoms with van der Waals surface area (Å²) in [5.74, 6) is 1.50. The van der Waals surface area contributed by atoms with Crippen molar-refractivity contribution in [2.45, 2.75) is 33.8 Å². The van der Waals surface area contributed by atoms with Crippen LogP contribution >= 0.6 is 0 Å². The summed E-state index contributed by atoms with van der Waals surface area (Å²) in [5.41, 5.74) is 4.43. The summed E-state index contributed by atoms with van der Waals surface area (Å²) in [6.07, 6.45) is 1.09. The molecule has 0 spiro atoms. The highest BCUT2D eigenvalue weighted by atomic mass is 16.5. The minimum atomic E-state index is 0.0372. The van der Waals surface area contributed by atoms with Crippen molar-refractivity contribution < 1.29 is 9.84 Å². The van der Waals surface area contributed by atoms with Gasteiger partial charge in [-0.05, 0) is 53.6 Å². The van der Waals surface area contributed by atoms with Crippen molar-refractivity contribution in [3.8, 4) is 16.9 Å². The van der Waals surface area contributed by atoms with Gasteiger partial charge in [-0.25, -0.2) is 0 Å². The van der Waals surface area contributed by atoms with E-state index in [1.807, 2.05) is 25.1 Å². The molecule has 2 aromatic carbocycles. The minimum Gasteiger partial charge on any atom is -0.494 e. The molecular weight excluding hydrogens is 260 g/mol. The van der Waals surface area contributed by atoms with Gasteiger partial charge in [-0.3, -0.25) is 0 Å². The Morgan fingerprint density at radius 3 is 2.33 bits per heavy atom. The number of benzene rings is 2. The molecule has 112 valence electrons. The number of hydrogen-bond acceptors (Lipinski definition) is 2. The second-order valence-corrected chi connectivity index (χ2v) is 5.70. The highest BCUT2D eigenvalue weighted by Gasteiger charge is 2.07.